The first-order valence-electron chi connectivity index (χ1n) is 6.00. The molecule has 1 heterocycles. The van der Waals surface area contributed by atoms with E-state index in [0.29, 0.717) is 6.04 Å². The summed E-state index contributed by atoms with van der Waals surface area (Å²) in [5, 5.41) is 6.49. The van der Waals surface area contributed by atoms with E-state index in [1.54, 1.807) is 0 Å². The number of piperidine rings is 1. The van der Waals surface area contributed by atoms with E-state index in [1.165, 1.54) is 0 Å². The van der Waals surface area contributed by atoms with Gasteiger partial charge in [-0.05, 0) is 46.6 Å². The van der Waals surface area contributed by atoms with Crippen LogP contribution >= 0.6 is 0 Å². The zero-order chi connectivity index (χ0) is 11.5. The standard InChI is InChI=1S/C12H24N2O/c1-5-12(3,4)14-11(15)10-6-7-13-9(2)8-10/h9-10,13H,5-8H2,1-4H3,(H,14,15)/t9-,10-/m0/s1. The molecular formula is C12H24N2O. The van der Waals surface area contributed by atoms with Gasteiger partial charge in [-0.2, -0.15) is 0 Å². The maximum atomic E-state index is 12.0. The first kappa shape index (κ1) is 12.5. The normalized spacial score (nSPS) is 27.5. The van der Waals surface area contributed by atoms with Crippen LogP contribution in [0.15, 0.2) is 0 Å². The first-order chi connectivity index (χ1) is 6.94. The molecule has 3 heteroatoms. The molecule has 1 aliphatic rings. The molecule has 1 saturated heterocycles. The van der Waals surface area contributed by atoms with Crippen LogP contribution in [0.1, 0.15) is 47.0 Å². The highest BCUT2D eigenvalue weighted by Crippen LogP contribution is 2.18. The van der Waals surface area contributed by atoms with E-state index in [2.05, 4.69) is 38.3 Å². The van der Waals surface area contributed by atoms with Gasteiger partial charge >= 0.3 is 0 Å². The molecule has 2 atom stereocenters. The molecule has 0 aromatic rings. The topological polar surface area (TPSA) is 41.1 Å². The minimum Gasteiger partial charge on any atom is -0.351 e. The Hall–Kier alpha value is -0.570. The third-order valence-corrected chi connectivity index (χ3v) is 3.34. The van der Waals surface area contributed by atoms with Crippen LogP contribution in [-0.2, 0) is 4.79 Å². The summed E-state index contributed by atoms with van der Waals surface area (Å²) in [7, 11) is 0. The molecule has 3 nitrogen and oxygen atoms in total. The smallest absolute Gasteiger partial charge is 0.223 e. The highest BCUT2D eigenvalue weighted by atomic mass is 16.2. The number of rotatable bonds is 3. The van der Waals surface area contributed by atoms with Gasteiger partial charge in [0.2, 0.25) is 5.91 Å². The molecule has 2 N–H and O–H groups in total. The van der Waals surface area contributed by atoms with Crippen LogP contribution in [0.5, 0.6) is 0 Å². The Bertz CT molecular complexity index is 226. The average Bonchev–Trinajstić information content (AvgIpc) is 2.17. The summed E-state index contributed by atoms with van der Waals surface area (Å²) in [6.45, 7) is 9.37. The van der Waals surface area contributed by atoms with Crippen LogP contribution in [0, 0.1) is 5.92 Å². The van der Waals surface area contributed by atoms with E-state index in [9.17, 15) is 4.79 Å². The van der Waals surface area contributed by atoms with Crippen molar-refractivity contribution in [3.63, 3.8) is 0 Å². The zero-order valence-electron chi connectivity index (χ0n) is 10.4. The van der Waals surface area contributed by atoms with E-state index < -0.39 is 0 Å². The van der Waals surface area contributed by atoms with Crippen LogP contribution in [-0.4, -0.2) is 24.0 Å². The molecule has 0 radical (unpaired) electrons. The molecule has 15 heavy (non-hydrogen) atoms. The summed E-state index contributed by atoms with van der Waals surface area (Å²) in [6, 6.07) is 0.472. The average molecular weight is 212 g/mol. The lowest BCUT2D eigenvalue weighted by atomic mass is 9.91. The van der Waals surface area contributed by atoms with E-state index in [1.807, 2.05) is 0 Å². The summed E-state index contributed by atoms with van der Waals surface area (Å²) in [6.07, 6.45) is 2.90. The Morgan fingerprint density at radius 2 is 2.20 bits per heavy atom. The zero-order valence-corrected chi connectivity index (χ0v) is 10.4. The molecule has 1 amide bonds. The summed E-state index contributed by atoms with van der Waals surface area (Å²) in [5.74, 6) is 0.433. The fourth-order valence-electron chi connectivity index (χ4n) is 1.89. The minimum atomic E-state index is -0.0643. The molecule has 88 valence electrons. The fraction of sp³-hybridized carbons (Fsp3) is 0.917. The van der Waals surface area contributed by atoms with Crippen molar-refractivity contribution < 1.29 is 4.79 Å². The molecule has 0 aromatic heterocycles. The first-order valence-corrected chi connectivity index (χ1v) is 6.00. The number of hydrogen-bond donors (Lipinski definition) is 2. The number of carbonyl (C=O) groups is 1. The Morgan fingerprint density at radius 3 is 2.73 bits per heavy atom. The third kappa shape index (κ3) is 3.82. The number of amides is 1. The molecule has 1 aliphatic heterocycles. The molecule has 0 saturated carbocycles. The van der Waals surface area contributed by atoms with E-state index in [4.69, 9.17) is 0 Å². The highest BCUT2D eigenvalue weighted by molar-refractivity contribution is 5.79. The number of nitrogens with one attached hydrogen (secondary N) is 2. The maximum Gasteiger partial charge on any atom is 0.223 e. The third-order valence-electron chi connectivity index (χ3n) is 3.34. The second-order valence-electron chi connectivity index (χ2n) is 5.30. The van der Waals surface area contributed by atoms with Gasteiger partial charge in [0.05, 0.1) is 0 Å². The predicted octanol–water partition coefficient (Wildman–Crippen LogP) is 1.68. The van der Waals surface area contributed by atoms with Gasteiger partial charge in [0, 0.05) is 17.5 Å². The van der Waals surface area contributed by atoms with Gasteiger partial charge in [-0.25, -0.2) is 0 Å². The fourth-order valence-corrected chi connectivity index (χ4v) is 1.89. The summed E-state index contributed by atoms with van der Waals surface area (Å²) < 4.78 is 0. The van der Waals surface area contributed by atoms with Crippen molar-refractivity contribution in [2.45, 2.75) is 58.5 Å². The lowest BCUT2D eigenvalue weighted by Crippen LogP contribution is -2.49. The van der Waals surface area contributed by atoms with Crippen molar-refractivity contribution in [1.82, 2.24) is 10.6 Å². The maximum absolute atomic E-state index is 12.0. The molecule has 0 aliphatic carbocycles. The lowest BCUT2D eigenvalue weighted by Gasteiger charge is -2.31. The van der Waals surface area contributed by atoms with E-state index in [-0.39, 0.29) is 17.4 Å². The highest BCUT2D eigenvalue weighted by Gasteiger charge is 2.27. The van der Waals surface area contributed by atoms with Gasteiger partial charge in [0.15, 0.2) is 0 Å². The van der Waals surface area contributed by atoms with Crippen LogP contribution in [0.2, 0.25) is 0 Å². The van der Waals surface area contributed by atoms with Gasteiger partial charge in [0.25, 0.3) is 0 Å². The summed E-state index contributed by atoms with van der Waals surface area (Å²) in [5.41, 5.74) is -0.0643. The van der Waals surface area contributed by atoms with Crippen molar-refractivity contribution in [2.75, 3.05) is 6.54 Å². The SMILES string of the molecule is CCC(C)(C)NC(=O)[C@H]1CCN[C@@H](C)C1. The van der Waals surface area contributed by atoms with Crippen molar-refractivity contribution in [2.24, 2.45) is 5.92 Å². The van der Waals surface area contributed by atoms with Crippen molar-refractivity contribution >= 4 is 5.91 Å². The Kier molecular flexibility index (Phi) is 4.14. The largest absolute Gasteiger partial charge is 0.351 e. The van der Waals surface area contributed by atoms with Gasteiger partial charge < -0.3 is 10.6 Å². The van der Waals surface area contributed by atoms with Crippen LogP contribution in [0.4, 0.5) is 0 Å². The van der Waals surface area contributed by atoms with Crippen molar-refractivity contribution in [3.05, 3.63) is 0 Å². The van der Waals surface area contributed by atoms with Gasteiger partial charge in [0.1, 0.15) is 0 Å². The summed E-state index contributed by atoms with van der Waals surface area (Å²) >= 11 is 0. The Balaban J connectivity index is 2.46. The molecule has 1 rings (SSSR count). The van der Waals surface area contributed by atoms with E-state index in [0.717, 1.165) is 25.8 Å². The molecule has 1 fully saturated rings. The number of hydrogen-bond acceptors (Lipinski definition) is 2. The van der Waals surface area contributed by atoms with Crippen LogP contribution in [0.3, 0.4) is 0 Å². The number of carbonyl (C=O) groups excluding carboxylic acids is 1. The Labute approximate surface area is 93.0 Å². The minimum absolute atomic E-state index is 0.0643. The van der Waals surface area contributed by atoms with Crippen molar-refractivity contribution in [3.8, 4) is 0 Å². The second kappa shape index (κ2) is 4.97. The monoisotopic (exact) mass is 212 g/mol. The van der Waals surface area contributed by atoms with Crippen LogP contribution in [0.25, 0.3) is 0 Å². The lowest BCUT2D eigenvalue weighted by molar-refractivity contribution is -0.127. The second-order valence-corrected chi connectivity index (χ2v) is 5.30. The van der Waals surface area contributed by atoms with E-state index >= 15 is 0 Å². The quantitative estimate of drug-likeness (QED) is 0.747. The van der Waals surface area contributed by atoms with Gasteiger partial charge in [-0.3, -0.25) is 4.79 Å². The molecule has 0 bridgehead atoms. The summed E-state index contributed by atoms with van der Waals surface area (Å²) in [4.78, 5) is 12.0. The van der Waals surface area contributed by atoms with Crippen molar-refractivity contribution in [1.29, 1.82) is 0 Å². The molecule has 0 aromatic carbocycles. The Morgan fingerprint density at radius 1 is 1.53 bits per heavy atom. The van der Waals surface area contributed by atoms with Gasteiger partial charge in [-0.15, -0.1) is 0 Å². The molecule has 0 unspecified atom stereocenters. The van der Waals surface area contributed by atoms with Crippen LogP contribution < -0.4 is 10.6 Å². The molecular weight excluding hydrogens is 188 g/mol. The molecule has 0 spiro atoms. The predicted molar refractivity (Wildman–Crippen MR) is 62.7 cm³/mol. The van der Waals surface area contributed by atoms with Gasteiger partial charge in [-0.1, -0.05) is 6.92 Å².